The molecule has 108 valence electrons. The number of hydrogen-bond donors (Lipinski definition) is 1. The Hall–Kier alpha value is -1.07. The topological polar surface area (TPSA) is 49.8 Å². The van der Waals surface area contributed by atoms with Gasteiger partial charge in [0.2, 0.25) is 0 Å². The molecule has 0 radical (unpaired) electrons. The lowest BCUT2D eigenvalue weighted by Crippen LogP contribution is -2.53. The summed E-state index contributed by atoms with van der Waals surface area (Å²) >= 11 is 3.52. The van der Waals surface area contributed by atoms with Crippen molar-refractivity contribution in [1.29, 1.82) is 0 Å². The number of hydrogen-bond acceptors (Lipinski definition) is 3. The molecule has 2 aliphatic rings. The Morgan fingerprint density at radius 3 is 2.90 bits per heavy atom. The van der Waals surface area contributed by atoms with Crippen LogP contribution in [-0.2, 0) is 4.74 Å². The molecule has 1 aliphatic carbocycles. The summed E-state index contributed by atoms with van der Waals surface area (Å²) in [6, 6.07) is 5.69. The van der Waals surface area contributed by atoms with E-state index in [9.17, 15) is 4.79 Å². The van der Waals surface area contributed by atoms with Crippen LogP contribution in [0.2, 0.25) is 0 Å². The maximum absolute atomic E-state index is 11.0. The zero-order valence-electron chi connectivity index (χ0n) is 11.2. The van der Waals surface area contributed by atoms with Crippen molar-refractivity contribution in [2.75, 3.05) is 18.1 Å². The molecule has 1 saturated heterocycles. The zero-order chi connectivity index (χ0) is 14.1. The van der Waals surface area contributed by atoms with E-state index < -0.39 is 5.97 Å². The fraction of sp³-hybridized carbons (Fsp3) is 0.533. The first-order valence-corrected chi connectivity index (χ1v) is 7.87. The molecule has 2 unspecified atom stereocenters. The van der Waals surface area contributed by atoms with Crippen LogP contribution in [0, 0.1) is 0 Å². The van der Waals surface area contributed by atoms with Gasteiger partial charge in [-0.05, 0) is 47.0 Å². The second-order valence-electron chi connectivity index (χ2n) is 5.43. The van der Waals surface area contributed by atoms with Crippen LogP contribution in [-0.4, -0.2) is 36.4 Å². The van der Waals surface area contributed by atoms with Gasteiger partial charge in [0.15, 0.2) is 0 Å². The lowest BCUT2D eigenvalue weighted by Gasteiger charge is -2.45. The Labute approximate surface area is 126 Å². The number of aromatic carboxylic acids is 1. The van der Waals surface area contributed by atoms with Gasteiger partial charge >= 0.3 is 5.97 Å². The number of anilines is 1. The molecule has 2 atom stereocenters. The van der Waals surface area contributed by atoms with Gasteiger partial charge in [-0.1, -0.05) is 12.8 Å². The minimum absolute atomic E-state index is 0.314. The number of ether oxygens (including phenoxy) is 1. The second kappa shape index (κ2) is 5.74. The van der Waals surface area contributed by atoms with Crippen molar-refractivity contribution in [2.24, 2.45) is 0 Å². The maximum Gasteiger partial charge on any atom is 0.335 e. The maximum atomic E-state index is 11.0. The predicted octanol–water partition coefficient (Wildman–Crippen LogP) is 3.30. The molecule has 3 rings (SSSR count). The molecule has 0 bridgehead atoms. The molecule has 2 fully saturated rings. The standard InChI is InChI=1S/C15H18BrNO3/c16-11-9-10(15(18)19)5-6-12(11)17-7-8-20-14-4-2-1-3-13(14)17/h5-6,9,13-14H,1-4,7-8H2,(H,18,19). The highest BCUT2D eigenvalue weighted by molar-refractivity contribution is 9.10. The third-order valence-electron chi connectivity index (χ3n) is 4.24. The van der Waals surface area contributed by atoms with Crippen molar-refractivity contribution in [2.45, 2.75) is 37.8 Å². The lowest BCUT2D eigenvalue weighted by atomic mass is 9.89. The van der Waals surface area contributed by atoms with Crippen molar-refractivity contribution in [3.63, 3.8) is 0 Å². The van der Waals surface area contributed by atoms with Crippen LogP contribution in [0.3, 0.4) is 0 Å². The minimum atomic E-state index is -0.894. The Kier molecular flexibility index (Phi) is 3.98. The Bertz CT molecular complexity index is 518. The molecule has 1 aromatic rings. The number of fused-ring (bicyclic) bond motifs is 1. The van der Waals surface area contributed by atoms with E-state index in [0.717, 1.165) is 36.2 Å². The summed E-state index contributed by atoms with van der Waals surface area (Å²) in [5, 5.41) is 9.04. The number of carboxylic acids is 1. The van der Waals surface area contributed by atoms with Gasteiger partial charge in [0.1, 0.15) is 0 Å². The fourth-order valence-electron chi connectivity index (χ4n) is 3.27. The number of carbonyl (C=O) groups is 1. The molecule has 0 amide bonds. The lowest BCUT2D eigenvalue weighted by molar-refractivity contribution is -0.00873. The first kappa shape index (κ1) is 13.9. The highest BCUT2D eigenvalue weighted by Gasteiger charge is 2.34. The summed E-state index contributed by atoms with van der Waals surface area (Å²) in [5.41, 5.74) is 1.39. The molecule has 20 heavy (non-hydrogen) atoms. The molecule has 0 aromatic heterocycles. The average Bonchev–Trinajstić information content (AvgIpc) is 2.46. The smallest absolute Gasteiger partial charge is 0.335 e. The van der Waals surface area contributed by atoms with Crippen molar-refractivity contribution < 1.29 is 14.6 Å². The molecule has 1 heterocycles. The molecule has 4 nitrogen and oxygen atoms in total. The Balaban J connectivity index is 1.89. The van der Waals surface area contributed by atoms with E-state index in [1.807, 2.05) is 6.07 Å². The van der Waals surface area contributed by atoms with E-state index in [4.69, 9.17) is 9.84 Å². The normalized spacial score (nSPS) is 26.1. The highest BCUT2D eigenvalue weighted by atomic mass is 79.9. The summed E-state index contributed by atoms with van der Waals surface area (Å²) < 4.78 is 6.73. The average molecular weight is 340 g/mol. The molecular formula is C15H18BrNO3. The van der Waals surface area contributed by atoms with E-state index in [2.05, 4.69) is 20.8 Å². The van der Waals surface area contributed by atoms with Crippen LogP contribution in [0.5, 0.6) is 0 Å². The predicted molar refractivity (Wildman–Crippen MR) is 80.4 cm³/mol. The number of morpholine rings is 1. The molecule has 1 aliphatic heterocycles. The Morgan fingerprint density at radius 2 is 2.15 bits per heavy atom. The van der Waals surface area contributed by atoms with Gasteiger partial charge in [0.05, 0.1) is 30.0 Å². The van der Waals surface area contributed by atoms with Crippen molar-refractivity contribution >= 4 is 27.6 Å². The molecule has 0 spiro atoms. The van der Waals surface area contributed by atoms with Gasteiger partial charge in [-0.25, -0.2) is 4.79 Å². The largest absolute Gasteiger partial charge is 0.478 e. The van der Waals surface area contributed by atoms with Crippen LogP contribution < -0.4 is 4.90 Å². The quantitative estimate of drug-likeness (QED) is 0.898. The summed E-state index contributed by atoms with van der Waals surface area (Å²) in [6.07, 6.45) is 5.09. The molecule has 1 aromatic carbocycles. The summed E-state index contributed by atoms with van der Waals surface area (Å²) in [6.45, 7) is 1.61. The molecule has 1 N–H and O–H groups in total. The van der Waals surface area contributed by atoms with Crippen molar-refractivity contribution in [1.82, 2.24) is 0 Å². The monoisotopic (exact) mass is 339 g/mol. The van der Waals surface area contributed by atoms with Gasteiger partial charge in [0, 0.05) is 11.0 Å². The zero-order valence-corrected chi connectivity index (χ0v) is 12.8. The van der Waals surface area contributed by atoms with Gasteiger partial charge < -0.3 is 14.7 Å². The van der Waals surface area contributed by atoms with Gasteiger partial charge in [0.25, 0.3) is 0 Å². The molecule has 1 saturated carbocycles. The van der Waals surface area contributed by atoms with Gasteiger partial charge in [-0.2, -0.15) is 0 Å². The van der Waals surface area contributed by atoms with E-state index in [1.165, 1.54) is 12.8 Å². The number of halogens is 1. The highest BCUT2D eigenvalue weighted by Crippen LogP contribution is 2.35. The summed E-state index contributed by atoms with van der Waals surface area (Å²) in [7, 11) is 0. The van der Waals surface area contributed by atoms with Crippen LogP contribution >= 0.6 is 15.9 Å². The number of nitrogens with zero attached hydrogens (tertiary/aromatic N) is 1. The van der Waals surface area contributed by atoms with Crippen molar-refractivity contribution in [3.8, 4) is 0 Å². The first-order valence-electron chi connectivity index (χ1n) is 7.08. The summed E-state index contributed by atoms with van der Waals surface area (Å²) in [4.78, 5) is 13.4. The van der Waals surface area contributed by atoms with Gasteiger partial charge in [-0.3, -0.25) is 0 Å². The van der Waals surface area contributed by atoms with E-state index in [0.29, 0.717) is 17.7 Å². The van der Waals surface area contributed by atoms with Crippen LogP contribution in [0.4, 0.5) is 5.69 Å². The molecular weight excluding hydrogens is 322 g/mol. The van der Waals surface area contributed by atoms with E-state index in [1.54, 1.807) is 12.1 Å². The number of rotatable bonds is 2. The number of carboxylic acid groups (broad SMARTS) is 1. The van der Waals surface area contributed by atoms with Crippen LogP contribution in [0.1, 0.15) is 36.0 Å². The van der Waals surface area contributed by atoms with E-state index >= 15 is 0 Å². The van der Waals surface area contributed by atoms with Crippen LogP contribution in [0.15, 0.2) is 22.7 Å². The third kappa shape index (κ3) is 2.56. The second-order valence-corrected chi connectivity index (χ2v) is 6.28. The summed E-state index contributed by atoms with van der Waals surface area (Å²) in [5.74, 6) is -0.894. The fourth-order valence-corrected chi connectivity index (χ4v) is 3.87. The first-order chi connectivity index (χ1) is 9.66. The van der Waals surface area contributed by atoms with Gasteiger partial charge in [-0.15, -0.1) is 0 Å². The third-order valence-corrected chi connectivity index (χ3v) is 4.87. The van der Waals surface area contributed by atoms with E-state index in [-0.39, 0.29) is 0 Å². The number of benzene rings is 1. The Morgan fingerprint density at radius 1 is 1.35 bits per heavy atom. The molecule has 5 heteroatoms. The SMILES string of the molecule is O=C(O)c1ccc(N2CCOC3CCCCC32)c(Br)c1. The van der Waals surface area contributed by atoms with Crippen molar-refractivity contribution in [3.05, 3.63) is 28.2 Å². The van der Waals surface area contributed by atoms with Crippen LogP contribution in [0.25, 0.3) is 0 Å². The minimum Gasteiger partial charge on any atom is -0.478 e.